The second-order valence-electron chi connectivity index (χ2n) is 4.54. The van der Waals surface area contributed by atoms with Crippen molar-refractivity contribution in [1.82, 2.24) is 10.6 Å². The molecule has 0 spiro atoms. The van der Waals surface area contributed by atoms with E-state index in [0.717, 1.165) is 17.4 Å². The van der Waals surface area contributed by atoms with Crippen molar-refractivity contribution in [2.45, 2.75) is 25.3 Å². The summed E-state index contributed by atoms with van der Waals surface area (Å²) >= 11 is 0. The van der Waals surface area contributed by atoms with Crippen LogP contribution in [0.5, 0.6) is 0 Å². The van der Waals surface area contributed by atoms with E-state index in [9.17, 15) is 0 Å². The molecule has 1 saturated carbocycles. The Balaban J connectivity index is 1.77. The summed E-state index contributed by atoms with van der Waals surface area (Å²) in [5, 5.41) is 7.05. The lowest BCUT2D eigenvalue weighted by Gasteiger charge is -2.41. The Labute approximate surface area is 67.7 Å². The van der Waals surface area contributed by atoms with Crippen LogP contribution in [0.2, 0.25) is 0 Å². The summed E-state index contributed by atoms with van der Waals surface area (Å²) < 4.78 is 0. The monoisotopic (exact) mass is 152 g/mol. The minimum Gasteiger partial charge on any atom is -0.316 e. The summed E-state index contributed by atoms with van der Waals surface area (Å²) in [4.78, 5) is 0. The largest absolute Gasteiger partial charge is 0.316 e. The van der Waals surface area contributed by atoms with Gasteiger partial charge in [0.15, 0.2) is 0 Å². The average molecular weight is 152 g/mol. The predicted molar refractivity (Wildman–Crippen MR) is 44.4 cm³/mol. The summed E-state index contributed by atoms with van der Waals surface area (Å²) in [5.74, 6) is 0.994. The highest BCUT2D eigenvalue weighted by Crippen LogP contribution is 2.53. The van der Waals surface area contributed by atoms with E-state index in [2.05, 4.69) is 10.6 Å². The quantitative estimate of drug-likeness (QED) is 0.566. The Morgan fingerprint density at radius 1 is 1.27 bits per heavy atom. The molecule has 2 bridgehead atoms. The molecule has 0 aromatic heterocycles. The highest BCUT2D eigenvalue weighted by atomic mass is 15.1. The van der Waals surface area contributed by atoms with Gasteiger partial charge in [0, 0.05) is 12.6 Å². The van der Waals surface area contributed by atoms with Crippen molar-refractivity contribution < 1.29 is 0 Å². The zero-order valence-corrected chi connectivity index (χ0v) is 6.90. The Hall–Kier alpha value is -0.0800. The summed E-state index contributed by atoms with van der Waals surface area (Å²) in [6.07, 6.45) is 4.37. The van der Waals surface area contributed by atoms with Gasteiger partial charge < -0.3 is 10.6 Å². The summed E-state index contributed by atoms with van der Waals surface area (Å²) in [6, 6.07) is 0.899. The maximum Gasteiger partial charge on any atom is 0.00790 e. The van der Waals surface area contributed by atoms with Gasteiger partial charge in [0.1, 0.15) is 0 Å². The van der Waals surface area contributed by atoms with Crippen LogP contribution in [-0.2, 0) is 0 Å². The Bertz CT molecular complexity index is 161. The molecule has 3 heterocycles. The van der Waals surface area contributed by atoms with Crippen molar-refractivity contribution in [2.75, 3.05) is 19.6 Å². The second kappa shape index (κ2) is 1.99. The van der Waals surface area contributed by atoms with E-state index in [1.165, 1.54) is 38.9 Å². The van der Waals surface area contributed by atoms with Crippen LogP contribution in [-0.4, -0.2) is 25.7 Å². The van der Waals surface area contributed by atoms with Crippen LogP contribution in [0.3, 0.4) is 0 Å². The average Bonchev–Trinajstić information content (AvgIpc) is 2.59. The first-order chi connectivity index (χ1) is 5.39. The fourth-order valence-electron chi connectivity index (χ4n) is 3.21. The van der Waals surface area contributed by atoms with Crippen LogP contribution < -0.4 is 10.6 Å². The van der Waals surface area contributed by atoms with Crippen molar-refractivity contribution in [3.05, 3.63) is 0 Å². The van der Waals surface area contributed by atoms with Crippen LogP contribution in [0, 0.1) is 11.3 Å². The maximum absolute atomic E-state index is 3.58. The molecule has 4 aliphatic rings. The molecule has 0 radical (unpaired) electrons. The van der Waals surface area contributed by atoms with Gasteiger partial charge in [0.2, 0.25) is 0 Å². The van der Waals surface area contributed by atoms with Crippen LogP contribution in [0.15, 0.2) is 0 Å². The lowest BCUT2D eigenvalue weighted by molar-refractivity contribution is 0.113. The van der Waals surface area contributed by atoms with Crippen LogP contribution in [0.1, 0.15) is 19.3 Å². The zero-order valence-electron chi connectivity index (χ0n) is 6.90. The van der Waals surface area contributed by atoms with E-state index >= 15 is 0 Å². The smallest absolute Gasteiger partial charge is 0.00790 e. The SMILES string of the molecule is C1CC(C23CNC(C2)C3)CN1. The van der Waals surface area contributed by atoms with Crippen LogP contribution in [0.25, 0.3) is 0 Å². The van der Waals surface area contributed by atoms with Crippen molar-refractivity contribution in [3.8, 4) is 0 Å². The van der Waals surface area contributed by atoms with Gasteiger partial charge in [0.05, 0.1) is 0 Å². The molecule has 1 unspecified atom stereocenters. The third-order valence-corrected chi connectivity index (χ3v) is 3.97. The minimum atomic E-state index is 0.744. The molecule has 2 heteroatoms. The van der Waals surface area contributed by atoms with E-state index in [1.807, 2.05) is 0 Å². The van der Waals surface area contributed by atoms with Gasteiger partial charge in [-0.1, -0.05) is 0 Å². The molecular weight excluding hydrogens is 136 g/mol. The van der Waals surface area contributed by atoms with Gasteiger partial charge in [-0.2, -0.15) is 0 Å². The van der Waals surface area contributed by atoms with Crippen LogP contribution >= 0.6 is 0 Å². The lowest BCUT2D eigenvalue weighted by Crippen LogP contribution is -2.41. The van der Waals surface area contributed by atoms with Crippen molar-refractivity contribution >= 4 is 0 Å². The van der Waals surface area contributed by atoms with Crippen LogP contribution in [0.4, 0.5) is 0 Å². The van der Waals surface area contributed by atoms with Gasteiger partial charge in [-0.15, -0.1) is 0 Å². The molecule has 3 saturated heterocycles. The molecule has 4 fully saturated rings. The third-order valence-electron chi connectivity index (χ3n) is 3.97. The Morgan fingerprint density at radius 3 is 2.73 bits per heavy atom. The normalized spacial score (nSPS) is 54.5. The molecule has 1 aliphatic carbocycles. The topological polar surface area (TPSA) is 24.1 Å². The molecule has 1 atom stereocenters. The van der Waals surface area contributed by atoms with Gasteiger partial charge in [-0.25, -0.2) is 0 Å². The Morgan fingerprint density at radius 2 is 2.18 bits per heavy atom. The fourth-order valence-corrected chi connectivity index (χ4v) is 3.21. The van der Waals surface area contributed by atoms with E-state index in [4.69, 9.17) is 0 Å². The lowest BCUT2D eigenvalue weighted by atomic mass is 9.62. The minimum absolute atomic E-state index is 0.744. The summed E-state index contributed by atoms with van der Waals surface area (Å²) in [5.41, 5.74) is 0.744. The highest BCUT2D eigenvalue weighted by molar-refractivity contribution is 5.10. The first-order valence-corrected chi connectivity index (χ1v) is 4.83. The first-order valence-electron chi connectivity index (χ1n) is 4.83. The number of hydrogen-bond donors (Lipinski definition) is 2. The zero-order chi connectivity index (χ0) is 7.31. The molecule has 3 aliphatic heterocycles. The van der Waals surface area contributed by atoms with Crippen molar-refractivity contribution in [2.24, 2.45) is 11.3 Å². The van der Waals surface area contributed by atoms with E-state index < -0.39 is 0 Å². The van der Waals surface area contributed by atoms with Gasteiger partial charge in [-0.05, 0) is 43.7 Å². The molecule has 0 aromatic rings. The molecule has 4 rings (SSSR count). The third kappa shape index (κ3) is 0.744. The summed E-state index contributed by atoms with van der Waals surface area (Å²) in [6.45, 7) is 3.86. The van der Waals surface area contributed by atoms with Crippen molar-refractivity contribution in [3.63, 3.8) is 0 Å². The number of hydrogen-bond acceptors (Lipinski definition) is 2. The van der Waals surface area contributed by atoms with Crippen molar-refractivity contribution in [1.29, 1.82) is 0 Å². The maximum atomic E-state index is 3.58. The molecule has 0 amide bonds. The fraction of sp³-hybridized carbons (Fsp3) is 1.00. The number of rotatable bonds is 1. The molecule has 62 valence electrons. The molecule has 11 heavy (non-hydrogen) atoms. The van der Waals surface area contributed by atoms with E-state index in [1.54, 1.807) is 0 Å². The number of fused-ring (bicyclic) bond motifs is 1. The molecular formula is C9H16N2. The number of nitrogens with one attached hydrogen (secondary N) is 2. The molecule has 2 N–H and O–H groups in total. The van der Waals surface area contributed by atoms with Gasteiger partial charge >= 0.3 is 0 Å². The summed E-state index contributed by atoms with van der Waals surface area (Å²) in [7, 11) is 0. The van der Waals surface area contributed by atoms with E-state index in [-0.39, 0.29) is 0 Å². The highest BCUT2D eigenvalue weighted by Gasteiger charge is 2.54. The predicted octanol–water partition coefficient (Wildman–Crippen LogP) is 0.348. The Kier molecular flexibility index (Phi) is 1.16. The molecule has 0 aromatic carbocycles. The standard InChI is InChI=1S/C9H16N2/c1-2-10-5-7(1)9-3-8(4-9)11-6-9/h7-8,10-11H,1-6H2. The first kappa shape index (κ1) is 6.44. The second-order valence-corrected chi connectivity index (χ2v) is 4.54. The van der Waals surface area contributed by atoms with Gasteiger partial charge in [-0.3, -0.25) is 0 Å². The van der Waals surface area contributed by atoms with Gasteiger partial charge in [0.25, 0.3) is 0 Å². The molecule has 2 nitrogen and oxygen atoms in total. The van der Waals surface area contributed by atoms with E-state index in [0.29, 0.717) is 0 Å².